The lowest BCUT2D eigenvalue weighted by Gasteiger charge is -2.31. The van der Waals surface area contributed by atoms with Gasteiger partial charge in [-0.25, -0.2) is 0 Å². The lowest BCUT2D eigenvalue weighted by molar-refractivity contribution is -0.123. The molecular formula is C23H23ClN4O2. The van der Waals surface area contributed by atoms with Gasteiger partial charge in [0.1, 0.15) is 5.69 Å². The van der Waals surface area contributed by atoms with Gasteiger partial charge in [-0.05, 0) is 30.5 Å². The van der Waals surface area contributed by atoms with E-state index in [4.69, 9.17) is 22.4 Å². The van der Waals surface area contributed by atoms with E-state index >= 15 is 0 Å². The number of hydrogen-bond acceptors (Lipinski definition) is 3. The molecule has 2 amide bonds. The third-order valence-electron chi connectivity index (χ3n) is 5.41. The topological polar surface area (TPSA) is 81.2 Å². The molecule has 7 heteroatoms. The van der Waals surface area contributed by atoms with E-state index in [1.807, 2.05) is 42.5 Å². The zero-order chi connectivity index (χ0) is 21.1. The summed E-state index contributed by atoms with van der Waals surface area (Å²) in [6, 6.07) is 17.2. The number of amides is 2. The molecular weight excluding hydrogens is 400 g/mol. The Hall–Kier alpha value is -3.12. The van der Waals surface area contributed by atoms with Crippen molar-refractivity contribution < 1.29 is 9.59 Å². The second-order valence-corrected chi connectivity index (χ2v) is 8.01. The molecule has 6 nitrogen and oxygen atoms in total. The molecule has 3 aromatic rings. The minimum atomic E-state index is -0.356. The predicted octanol–water partition coefficient (Wildman–Crippen LogP) is 3.59. The van der Waals surface area contributed by atoms with Gasteiger partial charge in [-0.15, -0.1) is 0 Å². The molecule has 154 valence electrons. The molecule has 1 aliphatic heterocycles. The summed E-state index contributed by atoms with van der Waals surface area (Å²) in [5.41, 5.74) is 8.51. The van der Waals surface area contributed by atoms with Gasteiger partial charge < -0.3 is 10.6 Å². The molecule has 1 saturated heterocycles. The van der Waals surface area contributed by atoms with Crippen LogP contribution in [0.15, 0.2) is 60.8 Å². The number of hydrogen-bond donors (Lipinski definition) is 1. The zero-order valence-electron chi connectivity index (χ0n) is 16.5. The molecule has 2 N–H and O–H groups in total. The summed E-state index contributed by atoms with van der Waals surface area (Å²) in [6.07, 6.45) is 3.26. The number of nitrogens with zero attached hydrogens (tertiary/aromatic N) is 3. The number of carbonyl (C=O) groups excluding carboxylic acids is 2. The highest BCUT2D eigenvalue weighted by Crippen LogP contribution is 2.27. The predicted molar refractivity (Wildman–Crippen MR) is 116 cm³/mol. The molecule has 0 bridgehead atoms. The highest BCUT2D eigenvalue weighted by Gasteiger charge is 2.30. The van der Waals surface area contributed by atoms with Crippen molar-refractivity contribution in [2.45, 2.75) is 19.4 Å². The van der Waals surface area contributed by atoms with Crippen LogP contribution < -0.4 is 5.73 Å². The minimum absolute atomic E-state index is 0.134. The van der Waals surface area contributed by atoms with E-state index < -0.39 is 0 Å². The van der Waals surface area contributed by atoms with Crippen LogP contribution in [0.25, 0.3) is 11.3 Å². The number of likely N-dealkylation sites (tertiary alicyclic amines) is 1. The van der Waals surface area contributed by atoms with Crippen LogP contribution in [0.4, 0.5) is 0 Å². The number of piperidine rings is 1. The summed E-state index contributed by atoms with van der Waals surface area (Å²) in [7, 11) is 0. The van der Waals surface area contributed by atoms with Crippen molar-refractivity contribution in [3.63, 3.8) is 0 Å². The number of benzene rings is 2. The molecule has 0 radical (unpaired) electrons. The van der Waals surface area contributed by atoms with E-state index in [0.717, 1.165) is 24.0 Å². The Morgan fingerprint density at radius 1 is 1.10 bits per heavy atom. The smallest absolute Gasteiger partial charge is 0.257 e. The molecule has 1 atom stereocenters. The first kappa shape index (κ1) is 20.2. The van der Waals surface area contributed by atoms with Crippen molar-refractivity contribution in [3.05, 3.63) is 76.9 Å². The molecule has 1 aromatic heterocycles. The average Bonchev–Trinajstić information content (AvgIpc) is 3.18. The van der Waals surface area contributed by atoms with Crippen LogP contribution in [-0.2, 0) is 11.3 Å². The van der Waals surface area contributed by atoms with Gasteiger partial charge in [0, 0.05) is 29.9 Å². The van der Waals surface area contributed by atoms with E-state index in [0.29, 0.717) is 35.9 Å². The van der Waals surface area contributed by atoms with Crippen molar-refractivity contribution >= 4 is 23.4 Å². The van der Waals surface area contributed by atoms with Gasteiger partial charge in [-0.3, -0.25) is 14.3 Å². The normalized spacial score (nSPS) is 16.4. The van der Waals surface area contributed by atoms with Gasteiger partial charge in [0.2, 0.25) is 5.91 Å². The first-order valence-electron chi connectivity index (χ1n) is 9.97. The zero-order valence-corrected chi connectivity index (χ0v) is 17.3. The van der Waals surface area contributed by atoms with Gasteiger partial charge in [0.25, 0.3) is 5.91 Å². The third-order valence-corrected chi connectivity index (χ3v) is 5.66. The Morgan fingerprint density at radius 3 is 2.53 bits per heavy atom. The van der Waals surface area contributed by atoms with E-state index in [-0.39, 0.29) is 17.7 Å². The molecule has 0 spiro atoms. The Kier molecular flexibility index (Phi) is 5.86. The van der Waals surface area contributed by atoms with Gasteiger partial charge in [-0.1, -0.05) is 54.1 Å². The van der Waals surface area contributed by atoms with Crippen LogP contribution in [0, 0.1) is 5.92 Å². The number of rotatable bonds is 5. The molecule has 1 unspecified atom stereocenters. The van der Waals surface area contributed by atoms with Crippen molar-refractivity contribution in [1.29, 1.82) is 0 Å². The van der Waals surface area contributed by atoms with Crippen molar-refractivity contribution in [3.8, 4) is 11.3 Å². The molecule has 0 saturated carbocycles. The summed E-state index contributed by atoms with van der Waals surface area (Å²) in [4.78, 5) is 26.7. The van der Waals surface area contributed by atoms with Crippen molar-refractivity contribution in [1.82, 2.24) is 14.7 Å². The van der Waals surface area contributed by atoms with Crippen LogP contribution in [0.5, 0.6) is 0 Å². The monoisotopic (exact) mass is 422 g/mol. The third kappa shape index (κ3) is 4.39. The van der Waals surface area contributed by atoms with Crippen molar-refractivity contribution in [2.75, 3.05) is 13.1 Å². The number of halogens is 1. The summed E-state index contributed by atoms with van der Waals surface area (Å²) < 4.78 is 1.78. The molecule has 1 fully saturated rings. The fraction of sp³-hybridized carbons (Fsp3) is 0.261. The number of primary amides is 1. The van der Waals surface area contributed by atoms with E-state index in [9.17, 15) is 9.59 Å². The summed E-state index contributed by atoms with van der Waals surface area (Å²) >= 11 is 6.04. The van der Waals surface area contributed by atoms with Crippen LogP contribution in [0.3, 0.4) is 0 Å². The number of aromatic nitrogens is 2. The van der Waals surface area contributed by atoms with Crippen LogP contribution in [0.1, 0.15) is 28.8 Å². The highest BCUT2D eigenvalue weighted by molar-refractivity contribution is 6.30. The molecule has 1 aliphatic rings. The Morgan fingerprint density at radius 2 is 1.83 bits per heavy atom. The standard InChI is InChI=1S/C23H23ClN4O2/c24-19-10-8-17(9-11-19)21-20(15-28(26-21)13-16-5-2-1-3-6-16)23(30)27-12-4-7-18(14-27)22(25)29/h1-3,5-6,8-11,15,18H,4,7,12-14H2,(H2,25,29). The molecule has 0 aliphatic carbocycles. The number of nitrogens with two attached hydrogens (primary N) is 1. The Labute approximate surface area is 180 Å². The maximum atomic E-state index is 13.4. The fourth-order valence-electron chi connectivity index (χ4n) is 3.81. The van der Waals surface area contributed by atoms with Crippen molar-refractivity contribution in [2.24, 2.45) is 11.7 Å². The molecule has 30 heavy (non-hydrogen) atoms. The van der Waals surface area contributed by atoms with Crippen LogP contribution in [0.2, 0.25) is 5.02 Å². The average molecular weight is 423 g/mol. The summed E-state index contributed by atoms with van der Waals surface area (Å²) in [5, 5.41) is 5.33. The van der Waals surface area contributed by atoms with Crippen LogP contribution >= 0.6 is 11.6 Å². The Balaban J connectivity index is 1.68. The Bertz CT molecular complexity index is 1050. The minimum Gasteiger partial charge on any atom is -0.369 e. The lowest BCUT2D eigenvalue weighted by Crippen LogP contribution is -2.44. The largest absolute Gasteiger partial charge is 0.369 e. The maximum absolute atomic E-state index is 13.4. The van der Waals surface area contributed by atoms with Gasteiger partial charge in [0.05, 0.1) is 18.0 Å². The SMILES string of the molecule is NC(=O)C1CCCN(C(=O)c2cn(Cc3ccccc3)nc2-c2ccc(Cl)cc2)C1. The number of carbonyl (C=O) groups is 2. The summed E-state index contributed by atoms with van der Waals surface area (Å²) in [5.74, 6) is -0.795. The first-order valence-corrected chi connectivity index (χ1v) is 10.3. The van der Waals surface area contributed by atoms with Gasteiger partial charge in [0.15, 0.2) is 0 Å². The maximum Gasteiger partial charge on any atom is 0.257 e. The van der Waals surface area contributed by atoms with E-state index in [1.165, 1.54) is 0 Å². The fourth-order valence-corrected chi connectivity index (χ4v) is 3.94. The first-order chi connectivity index (χ1) is 14.5. The van der Waals surface area contributed by atoms with Gasteiger partial charge in [-0.2, -0.15) is 5.10 Å². The quantitative estimate of drug-likeness (QED) is 0.682. The second kappa shape index (κ2) is 8.71. The second-order valence-electron chi connectivity index (χ2n) is 7.57. The van der Waals surface area contributed by atoms with Gasteiger partial charge >= 0.3 is 0 Å². The molecule has 4 rings (SSSR count). The summed E-state index contributed by atoms with van der Waals surface area (Å²) in [6.45, 7) is 1.50. The van der Waals surface area contributed by atoms with E-state index in [2.05, 4.69) is 0 Å². The van der Waals surface area contributed by atoms with Crippen LogP contribution in [-0.4, -0.2) is 39.6 Å². The molecule has 2 heterocycles. The molecule has 2 aromatic carbocycles. The highest BCUT2D eigenvalue weighted by atomic mass is 35.5. The lowest BCUT2D eigenvalue weighted by atomic mass is 9.96. The van der Waals surface area contributed by atoms with E-state index in [1.54, 1.807) is 27.9 Å².